The molecule has 0 aromatic heterocycles. The largest absolute Gasteiger partial charge is 0.465 e. The van der Waals surface area contributed by atoms with Gasteiger partial charge < -0.3 is 15.8 Å². The highest BCUT2D eigenvalue weighted by atomic mass is 16.5. The van der Waals surface area contributed by atoms with Crippen LogP contribution in [0, 0.1) is 0 Å². The molecule has 0 radical (unpaired) electrons. The molecule has 4 heteroatoms. The lowest BCUT2D eigenvalue weighted by atomic mass is 10.2. The van der Waals surface area contributed by atoms with Crippen LogP contribution >= 0.6 is 0 Å². The van der Waals surface area contributed by atoms with Gasteiger partial charge in [0, 0.05) is 0 Å². The summed E-state index contributed by atoms with van der Waals surface area (Å²) in [5.74, 6) is -0.363. The molecule has 0 aliphatic carbocycles. The summed E-state index contributed by atoms with van der Waals surface area (Å²) >= 11 is 0. The van der Waals surface area contributed by atoms with Crippen molar-refractivity contribution in [3.8, 4) is 0 Å². The van der Waals surface area contributed by atoms with E-state index in [0.29, 0.717) is 5.57 Å². The molecule has 13 heavy (non-hydrogen) atoms. The Kier molecular flexibility index (Phi) is 5.63. The van der Waals surface area contributed by atoms with Gasteiger partial charge in [-0.1, -0.05) is 13.8 Å². The normalized spacial score (nSPS) is 19.1. The van der Waals surface area contributed by atoms with E-state index < -0.39 is 0 Å². The first kappa shape index (κ1) is 11.7. The van der Waals surface area contributed by atoms with E-state index in [0.717, 1.165) is 0 Å². The van der Waals surface area contributed by atoms with Gasteiger partial charge in [-0.15, -0.1) is 0 Å². The molecule has 1 atom stereocenters. The fourth-order valence-electron chi connectivity index (χ4n) is 0.800. The minimum atomic E-state index is -0.363. The number of dihydropyridines is 1. The molecular formula is C9H16N2O2. The zero-order valence-electron chi connectivity index (χ0n) is 8.20. The number of hydrogen-bond acceptors (Lipinski definition) is 4. The van der Waals surface area contributed by atoms with Crippen LogP contribution in [0.1, 0.15) is 13.8 Å². The molecule has 0 amide bonds. The van der Waals surface area contributed by atoms with Crippen molar-refractivity contribution in [2.45, 2.75) is 20.0 Å². The van der Waals surface area contributed by atoms with Crippen LogP contribution in [0.2, 0.25) is 0 Å². The van der Waals surface area contributed by atoms with Gasteiger partial charge in [-0.05, 0) is 18.4 Å². The molecule has 74 valence electrons. The van der Waals surface area contributed by atoms with Crippen molar-refractivity contribution >= 4 is 5.97 Å². The summed E-state index contributed by atoms with van der Waals surface area (Å²) < 4.78 is 4.50. The molecule has 4 nitrogen and oxygen atoms in total. The van der Waals surface area contributed by atoms with Crippen molar-refractivity contribution in [3.05, 3.63) is 23.9 Å². The number of ether oxygens (including phenoxy) is 1. The predicted molar refractivity (Wildman–Crippen MR) is 51.7 cm³/mol. The van der Waals surface area contributed by atoms with Crippen LogP contribution in [0.15, 0.2) is 23.9 Å². The zero-order chi connectivity index (χ0) is 10.3. The molecule has 3 N–H and O–H groups in total. The SMILES string of the molecule is CC.COC(=O)C1=CC(N)NC=C1. The highest BCUT2D eigenvalue weighted by molar-refractivity contribution is 5.91. The maximum absolute atomic E-state index is 10.9. The number of esters is 1. The van der Waals surface area contributed by atoms with E-state index in [1.165, 1.54) is 7.11 Å². The summed E-state index contributed by atoms with van der Waals surface area (Å²) in [6.07, 6.45) is 4.55. The van der Waals surface area contributed by atoms with Crippen molar-refractivity contribution in [2.24, 2.45) is 5.73 Å². The summed E-state index contributed by atoms with van der Waals surface area (Å²) in [4.78, 5) is 10.9. The second-order valence-electron chi connectivity index (χ2n) is 2.14. The van der Waals surface area contributed by atoms with E-state index >= 15 is 0 Å². The van der Waals surface area contributed by atoms with E-state index in [4.69, 9.17) is 5.73 Å². The molecule has 0 fully saturated rings. The Hall–Kier alpha value is -1.29. The maximum atomic E-state index is 10.9. The third-order valence-corrected chi connectivity index (χ3v) is 1.33. The van der Waals surface area contributed by atoms with Crippen LogP contribution in [0.3, 0.4) is 0 Å². The number of hydrogen-bond donors (Lipinski definition) is 2. The Bertz CT molecular complexity index is 222. The summed E-state index contributed by atoms with van der Waals surface area (Å²) in [7, 11) is 1.34. The third kappa shape index (κ3) is 3.75. The van der Waals surface area contributed by atoms with Crippen LogP contribution in [0.25, 0.3) is 0 Å². The van der Waals surface area contributed by atoms with E-state index in [2.05, 4.69) is 10.1 Å². The van der Waals surface area contributed by atoms with Crippen LogP contribution in [0.4, 0.5) is 0 Å². The molecule has 0 spiro atoms. The van der Waals surface area contributed by atoms with Gasteiger partial charge in [-0.2, -0.15) is 0 Å². The van der Waals surface area contributed by atoms with Gasteiger partial charge >= 0.3 is 5.97 Å². The number of carbonyl (C=O) groups is 1. The highest BCUT2D eigenvalue weighted by Gasteiger charge is 2.10. The molecule has 1 aliphatic heterocycles. The first-order chi connectivity index (χ1) is 6.24. The molecule has 1 rings (SSSR count). The van der Waals surface area contributed by atoms with Crippen LogP contribution in [-0.2, 0) is 9.53 Å². The lowest BCUT2D eigenvalue weighted by molar-refractivity contribution is -0.135. The van der Waals surface area contributed by atoms with Gasteiger partial charge in [-0.25, -0.2) is 4.79 Å². The first-order valence-corrected chi connectivity index (χ1v) is 4.22. The van der Waals surface area contributed by atoms with Crippen LogP contribution in [0.5, 0.6) is 0 Å². The fraction of sp³-hybridized carbons (Fsp3) is 0.444. The molecule has 1 aliphatic rings. The predicted octanol–water partition coefficient (Wildman–Crippen LogP) is 0.514. The highest BCUT2D eigenvalue weighted by Crippen LogP contribution is 2.03. The fourth-order valence-corrected chi connectivity index (χ4v) is 0.800. The Morgan fingerprint density at radius 3 is 2.69 bits per heavy atom. The lowest BCUT2D eigenvalue weighted by Gasteiger charge is -2.12. The number of methoxy groups -OCH3 is 1. The number of rotatable bonds is 1. The molecule has 1 heterocycles. The Morgan fingerprint density at radius 1 is 1.62 bits per heavy atom. The number of carbonyl (C=O) groups excluding carboxylic acids is 1. The second-order valence-corrected chi connectivity index (χ2v) is 2.14. The van der Waals surface area contributed by atoms with Gasteiger partial charge in [0.05, 0.1) is 18.8 Å². The topological polar surface area (TPSA) is 64.3 Å². The summed E-state index contributed by atoms with van der Waals surface area (Å²) in [6.45, 7) is 4.00. The summed E-state index contributed by atoms with van der Waals surface area (Å²) in [6, 6.07) is 0. The Balaban J connectivity index is 0.000000671. The average Bonchev–Trinajstić information content (AvgIpc) is 2.20. The summed E-state index contributed by atoms with van der Waals surface area (Å²) in [5, 5.41) is 2.80. The van der Waals surface area contributed by atoms with E-state index in [1.54, 1.807) is 18.4 Å². The van der Waals surface area contributed by atoms with Crippen molar-refractivity contribution in [3.63, 3.8) is 0 Å². The molecule has 0 saturated carbocycles. The number of nitrogens with one attached hydrogen (secondary N) is 1. The molecular weight excluding hydrogens is 168 g/mol. The maximum Gasteiger partial charge on any atom is 0.337 e. The lowest BCUT2D eigenvalue weighted by Crippen LogP contribution is -2.34. The van der Waals surface area contributed by atoms with Gasteiger partial charge in [-0.3, -0.25) is 0 Å². The molecule has 0 aromatic rings. The van der Waals surface area contributed by atoms with Crippen molar-refractivity contribution in [1.29, 1.82) is 0 Å². The van der Waals surface area contributed by atoms with Crippen molar-refractivity contribution in [1.82, 2.24) is 5.32 Å². The number of nitrogens with two attached hydrogens (primary N) is 1. The standard InChI is InChI=1S/C7H10N2O2.C2H6/c1-11-7(10)5-2-3-9-6(8)4-5;1-2/h2-4,6,9H,8H2,1H3;1-2H3. The van der Waals surface area contributed by atoms with Gasteiger partial charge in [0.15, 0.2) is 0 Å². The Morgan fingerprint density at radius 2 is 2.23 bits per heavy atom. The Labute approximate surface area is 78.4 Å². The van der Waals surface area contributed by atoms with Crippen LogP contribution < -0.4 is 11.1 Å². The average molecular weight is 184 g/mol. The van der Waals surface area contributed by atoms with Crippen molar-refractivity contribution < 1.29 is 9.53 Å². The molecule has 0 aromatic carbocycles. The van der Waals surface area contributed by atoms with Crippen molar-refractivity contribution in [2.75, 3.05) is 7.11 Å². The van der Waals surface area contributed by atoms with E-state index in [1.807, 2.05) is 13.8 Å². The third-order valence-electron chi connectivity index (χ3n) is 1.33. The van der Waals surface area contributed by atoms with Crippen LogP contribution in [-0.4, -0.2) is 19.2 Å². The van der Waals surface area contributed by atoms with E-state index in [9.17, 15) is 4.79 Å². The zero-order valence-corrected chi connectivity index (χ0v) is 8.20. The van der Waals surface area contributed by atoms with Gasteiger partial charge in [0.2, 0.25) is 0 Å². The van der Waals surface area contributed by atoms with Gasteiger partial charge in [0.1, 0.15) is 0 Å². The first-order valence-electron chi connectivity index (χ1n) is 4.22. The molecule has 1 unspecified atom stereocenters. The smallest absolute Gasteiger partial charge is 0.337 e. The molecule has 0 bridgehead atoms. The molecule has 0 saturated heterocycles. The second kappa shape index (κ2) is 6.25. The minimum Gasteiger partial charge on any atom is -0.465 e. The quantitative estimate of drug-likeness (QED) is 0.583. The minimum absolute atomic E-state index is 0.297. The van der Waals surface area contributed by atoms with Gasteiger partial charge in [0.25, 0.3) is 0 Å². The monoisotopic (exact) mass is 184 g/mol. The summed E-state index contributed by atoms with van der Waals surface area (Å²) in [5.41, 5.74) is 5.96. The van der Waals surface area contributed by atoms with E-state index in [-0.39, 0.29) is 12.1 Å².